The fourth-order valence-electron chi connectivity index (χ4n) is 2.15. The lowest BCUT2D eigenvalue weighted by molar-refractivity contribution is -0.147. The minimum atomic E-state index is -0.719. The van der Waals surface area contributed by atoms with Gasteiger partial charge in [-0.05, 0) is 45.4 Å². The van der Waals surface area contributed by atoms with Crippen LogP contribution in [0.5, 0.6) is 0 Å². The lowest BCUT2D eigenvalue weighted by Gasteiger charge is -2.18. The molecule has 1 aliphatic rings. The highest BCUT2D eigenvalue weighted by atomic mass is 16.5. The van der Waals surface area contributed by atoms with Crippen molar-refractivity contribution >= 4 is 5.97 Å². The topological polar surface area (TPSA) is 46.5 Å². The van der Waals surface area contributed by atoms with Gasteiger partial charge >= 0.3 is 5.97 Å². The Balaban J connectivity index is 2.01. The summed E-state index contributed by atoms with van der Waals surface area (Å²) in [5.74, 6) is 0.0378. The molecular weight excluding hydrogens is 204 g/mol. The lowest BCUT2D eigenvalue weighted by Crippen LogP contribution is -2.24. The van der Waals surface area contributed by atoms with E-state index in [0.717, 1.165) is 18.9 Å². The second kappa shape index (κ2) is 6.24. The third-order valence-electron chi connectivity index (χ3n) is 3.50. The third kappa shape index (κ3) is 4.52. The Hall–Kier alpha value is -0.570. The van der Waals surface area contributed by atoms with E-state index in [2.05, 4.69) is 0 Å². The molecule has 1 fully saturated rings. The number of carbonyl (C=O) groups is 1. The van der Waals surface area contributed by atoms with Gasteiger partial charge in [-0.25, -0.2) is 0 Å². The van der Waals surface area contributed by atoms with Crippen LogP contribution in [-0.2, 0) is 9.53 Å². The van der Waals surface area contributed by atoms with Crippen LogP contribution in [-0.4, -0.2) is 24.3 Å². The van der Waals surface area contributed by atoms with Gasteiger partial charge in [0.15, 0.2) is 0 Å². The summed E-state index contributed by atoms with van der Waals surface area (Å²) in [4.78, 5) is 10.9. The molecule has 0 atom stereocenters. The molecule has 0 bridgehead atoms. The van der Waals surface area contributed by atoms with Gasteiger partial charge < -0.3 is 9.84 Å². The van der Waals surface area contributed by atoms with Crippen LogP contribution in [0.25, 0.3) is 0 Å². The van der Waals surface area contributed by atoms with Crippen molar-refractivity contribution < 1.29 is 14.6 Å². The van der Waals surface area contributed by atoms with Gasteiger partial charge in [-0.2, -0.15) is 0 Å². The smallest absolute Gasteiger partial charge is 0.309 e. The Morgan fingerprint density at radius 3 is 2.56 bits per heavy atom. The molecule has 0 aromatic rings. The molecule has 16 heavy (non-hydrogen) atoms. The molecule has 0 aromatic heterocycles. The molecule has 0 aromatic carbocycles. The van der Waals surface area contributed by atoms with Gasteiger partial charge in [-0.3, -0.25) is 4.79 Å². The van der Waals surface area contributed by atoms with Crippen LogP contribution in [0, 0.1) is 11.3 Å². The highest BCUT2D eigenvalue weighted by molar-refractivity contribution is 5.73. The van der Waals surface area contributed by atoms with E-state index in [4.69, 9.17) is 9.84 Å². The zero-order valence-electron chi connectivity index (χ0n) is 10.5. The van der Waals surface area contributed by atoms with Gasteiger partial charge in [-0.1, -0.05) is 12.8 Å². The van der Waals surface area contributed by atoms with E-state index in [-0.39, 0.29) is 0 Å². The van der Waals surface area contributed by atoms with Crippen LogP contribution >= 0.6 is 0 Å². The fraction of sp³-hybridized carbons (Fsp3) is 0.923. The Bertz CT molecular complexity index is 217. The average Bonchev–Trinajstić information content (AvgIpc) is 2.69. The third-order valence-corrected chi connectivity index (χ3v) is 3.50. The molecule has 1 saturated carbocycles. The van der Waals surface area contributed by atoms with E-state index in [1.165, 1.54) is 25.7 Å². The van der Waals surface area contributed by atoms with E-state index in [0.29, 0.717) is 13.0 Å². The van der Waals surface area contributed by atoms with Gasteiger partial charge in [0, 0.05) is 13.2 Å². The zero-order valence-corrected chi connectivity index (χ0v) is 10.5. The van der Waals surface area contributed by atoms with Gasteiger partial charge in [0.2, 0.25) is 0 Å². The molecule has 0 radical (unpaired) electrons. The summed E-state index contributed by atoms with van der Waals surface area (Å²) < 4.78 is 5.60. The van der Waals surface area contributed by atoms with Crippen LogP contribution in [0.1, 0.15) is 52.4 Å². The number of hydrogen-bond donors (Lipinski definition) is 1. The van der Waals surface area contributed by atoms with Crippen LogP contribution in [0.15, 0.2) is 0 Å². The molecule has 94 valence electrons. The standard InChI is InChI=1S/C13H24O3/c1-13(2,12(14)15)8-5-9-16-10-11-6-3-4-7-11/h11H,3-10H2,1-2H3,(H,14,15). The summed E-state index contributed by atoms with van der Waals surface area (Å²) in [6.07, 6.45) is 6.83. The van der Waals surface area contributed by atoms with Crippen molar-refractivity contribution in [3.63, 3.8) is 0 Å². The number of carboxylic acid groups (broad SMARTS) is 1. The van der Waals surface area contributed by atoms with Gasteiger partial charge in [0.25, 0.3) is 0 Å². The van der Waals surface area contributed by atoms with Crippen LogP contribution in [0.3, 0.4) is 0 Å². The number of aliphatic carboxylic acids is 1. The van der Waals surface area contributed by atoms with E-state index in [9.17, 15) is 4.79 Å². The molecule has 3 nitrogen and oxygen atoms in total. The Morgan fingerprint density at radius 1 is 1.38 bits per heavy atom. The van der Waals surface area contributed by atoms with Crippen molar-refractivity contribution in [2.45, 2.75) is 52.4 Å². The zero-order chi connectivity index (χ0) is 12.0. The Kier molecular flexibility index (Phi) is 5.26. The molecule has 1 rings (SSSR count). The largest absolute Gasteiger partial charge is 0.481 e. The average molecular weight is 228 g/mol. The van der Waals surface area contributed by atoms with E-state index >= 15 is 0 Å². The molecule has 0 spiro atoms. The maximum atomic E-state index is 10.9. The van der Waals surface area contributed by atoms with Gasteiger partial charge in [-0.15, -0.1) is 0 Å². The summed E-state index contributed by atoms with van der Waals surface area (Å²) in [6, 6.07) is 0. The first-order chi connectivity index (χ1) is 7.52. The molecule has 3 heteroatoms. The summed E-state index contributed by atoms with van der Waals surface area (Å²) in [5, 5.41) is 8.93. The summed E-state index contributed by atoms with van der Waals surface area (Å²) in [7, 11) is 0. The summed E-state index contributed by atoms with van der Waals surface area (Å²) in [5.41, 5.74) is -0.614. The summed E-state index contributed by atoms with van der Waals surface area (Å²) in [6.45, 7) is 5.11. The highest BCUT2D eigenvalue weighted by Crippen LogP contribution is 2.25. The van der Waals surface area contributed by atoms with E-state index in [1.54, 1.807) is 13.8 Å². The second-order valence-corrected chi connectivity index (χ2v) is 5.52. The molecule has 0 amide bonds. The minimum Gasteiger partial charge on any atom is -0.481 e. The number of rotatable bonds is 7. The van der Waals surface area contributed by atoms with Crippen molar-refractivity contribution in [3.05, 3.63) is 0 Å². The number of ether oxygens (including phenoxy) is 1. The van der Waals surface area contributed by atoms with Crippen LogP contribution in [0.4, 0.5) is 0 Å². The van der Waals surface area contributed by atoms with Crippen molar-refractivity contribution in [2.75, 3.05) is 13.2 Å². The second-order valence-electron chi connectivity index (χ2n) is 5.52. The van der Waals surface area contributed by atoms with E-state index in [1.807, 2.05) is 0 Å². The lowest BCUT2D eigenvalue weighted by atomic mass is 9.88. The number of carboxylic acids is 1. The van der Waals surface area contributed by atoms with Crippen LogP contribution in [0.2, 0.25) is 0 Å². The first-order valence-corrected chi connectivity index (χ1v) is 6.33. The quantitative estimate of drug-likeness (QED) is 0.681. The maximum Gasteiger partial charge on any atom is 0.309 e. The molecular formula is C13H24O3. The normalized spacial score (nSPS) is 17.9. The number of hydrogen-bond acceptors (Lipinski definition) is 2. The first kappa shape index (κ1) is 13.5. The molecule has 0 aliphatic heterocycles. The van der Waals surface area contributed by atoms with Gasteiger partial charge in [0.1, 0.15) is 0 Å². The van der Waals surface area contributed by atoms with E-state index < -0.39 is 11.4 Å². The van der Waals surface area contributed by atoms with Crippen LogP contribution < -0.4 is 0 Å². The highest BCUT2D eigenvalue weighted by Gasteiger charge is 2.26. The molecule has 1 aliphatic carbocycles. The first-order valence-electron chi connectivity index (χ1n) is 6.33. The van der Waals surface area contributed by atoms with Crippen molar-refractivity contribution in [2.24, 2.45) is 11.3 Å². The monoisotopic (exact) mass is 228 g/mol. The Morgan fingerprint density at radius 2 is 2.00 bits per heavy atom. The maximum absolute atomic E-state index is 10.9. The van der Waals surface area contributed by atoms with Crippen molar-refractivity contribution in [3.8, 4) is 0 Å². The fourth-order valence-corrected chi connectivity index (χ4v) is 2.15. The SMILES string of the molecule is CC(C)(CCCOCC1CCCC1)C(=O)O. The summed E-state index contributed by atoms with van der Waals surface area (Å²) >= 11 is 0. The predicted molar refractivity (Wildman–Crippen MR) is 63.4 cm³/mol. The molecule has 0 heterocycles. The van der Waals surface area contributed by atoms with Crippen molar-refractivity contribution in [1.29, 1.82) is 0 Å². The predicted octanol–water partition coefficient (Wildman–Crippen LogP) is 3.08. The van der Waals surface area contributed by atoms with Gasteiger partial charge in [0.05, 0.1) is 5.41 Å². The molecule has 0 saturated heterocycles. The minimum absolute atomic E-state index is 0.614. The molecule has 1 N–H and O–H groups in total. The van der Waals surface area contributed by atoms with Crippen molar-refractivity contribution in [1.82, 2.24) is 0 Å². The Labute approximate surface area is 98.2 Å². The molecule has 0 unspecified atom stereocenters.